The van der Waals surface area contributed by atoms with E-state index < -0.39 is 10.0 Å². The van der Waals surface area contributed by atoms with Crippen LogP contribution in [0.1, 0.15) is 34.0 Å². The highest BCUT2D eigenvalue weighted by atomic mass is 32.2. The first kappa shape index (κ1) is 26.9. The zero-order valence-corrected chi connectivity index (χ0v) is 22.6. The molecule has 37 heavy (non-hydrogen) atoms. The number of hydrogen-bond acceptors (Lipinski definition) is 5. The molecule has 1 aliphatic rings. The summed E-state index contributed by atoms with van der Waals surface area (Å²) >= 11 is 0. The van der Waals surface area contributed by atoms with Crippen LogP contribution in [0, 0.1) is 6.92 Å². The highest BCUT2D eigenvalue weighted by Crippen LogP contribution is 2.26. The average Bonchev–Trinajstić information content (AvgIpc) is 2.90. The minimum Gasteiger partial charge on any atom is -0.494 e. The van der Waals surface area contributed by atoms with E-state index in [1.165, 1.54) is 9.87 Å². The summed E-state index contributed by atoms with van der Waals surface area (Å²) in [5.74, 6) is 0.533. The maximum atomic E-state index is 13.4. The molecule has 0 aromatic heterocycles. The number of rotatable bonds is 9. The quantitative estimate of drug-likeness (QED) is 0.423. The lowest BCUT2D eigenvalue weighted by atomic mass is 10.1. The van der Waals surface area contributed by atoms with Crippen LogP contribution in [0.4, 0.5) is 0 Å². The molecule has 1 fully saturated rings. The van der Waals surface area contributed by atoms with E-state index in [1.807, 2.05) is 36.9 Å². The second-order valence-electron chi connectivity index (χ2n) is 9.38. The van der Waals surface area contributed by atoms with Gasteiger partial charge in [-0.1, -0.05) is 48.0 Å². The van der Waals surface area contributed by atoms with Crippen LogP contribution in [0.15, 0.2) is 77.7 Å². The lowest BCUT2D eigenvalue weighted by Gasteiger charge is -2.35. The van der Waals surface area contributed by atoms with E-state index in [-0.39, 0.29) is 17.3 Å². The molecule has 1 heterocycles. The van der Waals surface area contributed by atoms with Crippen molar-refractivity contribution in [3.63, 3.8) is 0 Å². The molecular formula is C29H35N3O4S. The topological polar surface area (TPSA) is 70.2 Å². The fraction of sp³-hybridized carbons (Fsp3) is 0.345. The van der Waals surface area contributed by atoms with Crippen molar-refractivity contribution < 1.29 is 17.9 Å². The van der Waals surface area contributed by atoms with Crippen LogP contribution < -0.4 is 4.74 Å². The summed E-state index contributed by atoms with van der Waals surface area (Å²) in [5, 5.41) is 0. The maximum Gasteiger partial charge on any atom is 0.253 e. The third-order valence-corrected chi connectivity index (χ3v) is 8.46. The van der Waals surface area contributed by atoms with Gasteiger partial charge in [0.25, 0.3) is 5.91 Å². The lowest BCUT2D eigenvalue weighted by Crippen LogP contribution is -2.48. The molecule has 1 aliphatic heterocycles. The van der Waals surface area contributed by atoms with Gasteiger partial charge in [0.2, 0.25) is 10.0 Å². The molecule has 1 amide bonds. The van der Waals surface area contributed by atoms with Crippen LogP contribution in [0.25, 0.3) is 0 Å². The molecule has 0 aliphatic carbocycles. The molecule has 1 saturated heterocycles. The Morgan fingerprint density at radius 3 is 2.27 bits per heavy atom. The van der Waals surface area contributed by atoms with Gasteiger partial charge in [-0.05, 0) is 49.7 Å². The van der Waals surface area contributed by atoms with E-state index in [1.54, 1.807) is 49.5 Å². The first-order chi connectivity index (χ1) is 17.8. The van der Waals surface area contributed by atoms with Crippen LogP contribution in [0.3, 0.4) is 0 Å². The monoisotopic (exact) mass is 521 g/mol. The summed E-state index contributed by atoms with van der Waals surface area (Å²) in [4.78, 5) is 17.8. The Labute approximate surface area is 220 Å². The number of hydrogen-bond donors (Lipinski definition) is 0. The second kappa shape index (κ2) is 11.9. The fourth-order valence-electron chi connectivity index (χ4n) is 4.48. The van der Waals surface area contributed by atoms with E-state index in [0.717, 1.165) is 25.2 Å². The molecule has 0 bridgehead atoms. The number of benzene rings is 3. The van der Waals surface area contributed by atoms with Crippen molar-refractivity contribution in [3.05, 3.63) is 95.1 Å². The smallest absolute Gasteiger partial charge is 0.253 e. The first-order valence-corrected chi connectivity index (χ1v) is 14.1. The number of ether oxygens (including phenoxy) is 1. The summed E-state index contributed by atoms with van der Waals surface area (Å²) in [6, 6.07) is 22.4. The Bertz CT molecular complexity index is 1300. The van der Waals surface area contributed by atoms with Crippen LogP contribution >= 0.6 is 0 Å². The normalized spacial score (nSPS) is 14.6. The van der Waals surface area contributed by atoms with Crippen molar-refractivity contribution in [3.8, 4) is 5.75 Å². The molecule has 8 heteroatoms. The third kappa shape index (κ3) is 6.57. The van der Waals surface area contributed by atoms with Gasteiger partial charge < -0.3 is 9.64 Å². The lowest BCUT2D eigenvalue weighted by molar-refractivity contribution is 0.0628. The summed E-state index contributed by atoms with van der Waals surface area (Å²) in [7, 11) is -2.15. The van der Waals surface area contributed by atoms with Crippen molar-refractivity contribution in [1.29, 1.82) is 0 Å². The van der Waals surface area contributed by atoms with E-state index in [9.17, 15) is 13.2 Å². The summed E-state index contributed by atoms with van der Waals surface area (Å²) < 4.78 is 33.4. The van der Waals surface area contributed by atoms with Gasteiger partial charge in [0.1, 0.15) is 5.75 Å². The van der Waals surface area contributed by atoms with Crippen molar-refractivity contribution in [1.82, 2.24) is 14.1 Å². The van der Waals surface area contributed by atoms with Crippen molar-refractivity contribution in [2.45, 2.75) is 31.8 Å². The number of amides is 1. The first-order valence-electron chi connectivity index (χ1n) is 12.6. The predicted octanol–water partition coefficient (Wildman–Crippen LogP) is 4.17. The molecular weight excluding hydrogens is 486 g/mol. The molecule has 0 unspecified atom stereocenters. The average molecular weight is 522 g/mol. The predicted molar refractivity (Wildman–Crippen MR) is 145 cm³/mol. The van der Waals surface area contributed by atoms with Crippen LogP contribution in [0.5, 0.6) is 5.75 Å². The van der Waals surface area contributed by atoms with Gasteiger partial charge in [-0.25, -0.2) is 8.42 Å². The minimum atomic E-state index is -3.69. The molecule has 7 nitrogen and oxygen atoms in total. The summed E-state index contributed by atoms with van der Waals surface area (Å²) in [5.41, 5.74) is 3.46. The highest BCUT2D eigenvalue weighted by Gasteiger charge is 2.25. The van der Waals surface area contributed by atoms with E-state index >= 15 is 0 Å². The molecule has 0 radical (unpaired) electrons. The Kier molecular flexibility index (Phi) is 8.63. The minimum absolute atomic E-state index is 0.0484. The van der Waals surface area contributed by atoms with Crippen molar-refractivity contribution in [2.24, 2.45) is 0 Å². The molecule has 3 aromatic rings. The van der Waals surface area contributed by atoms with Gasteiger partial charge in [-0.15, -0.1) is 0 Å². The van der Waals surface area contributed by atoms with Crippen LogP contribution in [-0.4, -0.2) is 68.3 Å². The second-order valence-corrected chi connectivity index (χ2v) is 11.4. The Balaban J connectivity index is 1.46. The summed E-state index contributed by atoms with van der Waals surface area (Å²) in [6.45, 7) is 8.12. The van der Waals surface area contributed by atoms with E-state index in [4.69, 9.17) is 4.74 Å². The van der Waals surface area contributed by atoms with E-state index in [2.05, 4.69) is 17.0 Å². The number of carbonyl (C=O) groups is 1. The van der Waals surface area contributed by atoms with Gasteiger partial charge in [0.15, 0.2) is 0 Å². The van der Waals surface area contributed by atoms with Crippen LogP contribution in [0.2, 0.25) is 0 Å². The molecule has 0 N–H and O–H groups in total. The Morgan fingerprint density at radius 2 is 1.62 bits per heavy atom. The molecule has 0 atom stereocenters. The zero-order valence-electron chi connectivity index (χ0n) is 21.8. The van der Waals surface area contributed by atoms with Gasteiger partial charge in [0.05, 0.1) is 11.5 Å². The molecule has 0 saturated carbocycles. The van der Waals surface area contributed by atoms with Crippen LogP contribution in [-0.2, 0) is 23.1 Å². The third-order valence-electron chi connectivity index (χ3n) is 6.64. The largest absolute Gasteiger partial charge is 0.494 e. The molecule has 3 aromatic carbocycles. The Hall–Kier alpha value is -3.20. The highest BCUT2D eigenvalue weighted by molar-refractivity contribution is 7.89. The SMILES string of the molecule is CCOc1ccc(C(=O)N2CCN(Cc3ccccc3)CC2)cc1CN(C)S(=O)(=O)c1ccc(C)cc1. The van der Waals surface area contributed by atoms with E-state index in [0.29, 0.717) is 36.6 Å². The number of nitrogens with zero attached hydrogens (tertiary/aromatic N) is 3. The Morgan fingerprint density at radius 1 is 0.946 bits per heavy atom. The van der Waals surface area contributed by atoms with Gasteiger partial charge in [-0.2, -0.15) is 4.31 Å². The zero-order chi connectivity index (χ0) is 26.4. The standard InChI is InChI=1S/C29H35N3O4S/c1-4-36-28-15-12-25(20-26(28)22-30(3)37(34,35)27-13-10-23(2)11-14-27)29(33)32-18-16-31(17-19-32)21-24-8-6-5-7-9-24/h5-15,20H,4,16-19,21-22H2,1-3H3. The molecule has 196 valence electrons. The van der Waals surface area contributed by atoms with Gasteiger partial charge in [0, 0.05) is 57.4 Å². The number of piperazine rings is 1. The maximum absolute atomic E-state index is 13.4. The van der Waals surface area contributed by atoms with Gasteiger partial charge >= 0.3 is 0 Å². The summed E-state index contributed by atoms with van der Waals surface area (Å²) in [6.07, 6.45) is 0. The number of carbonyl (C=O) groups excluding carboxylic acids is 1. The molecule has 4 rings (SSSR count). The fourth-order valence-corrected chi connectivity index (χ4v) is 5.63. The van der Waals surface area contributed by atoms with Crippen molar-refractivity contribution in [2.75, 3.05) is 39.8 Å². The van der Waals surface area contributed by atoms with Gasteiger partial charge in [-0.3, -0.25) is 9.69 Å². The molecule has 0 spiro atoms. The number of sulfonamides is 1. The van der Waals surface area contributed by atoms with Crippen molar-refractivity contribution >= 4 is 15.9 Å². The number of aryl methyl sites for hydroxylation is 1.